The summed E-state index contributed by atoms with van der Waals surface area (Å²) in [5.74, 6) is 0.853. The third-order valence-electron chi connectivity index (χ3n) is 5.44. The van der Waals surface area contributed by atoms with Crippen LogP contribution in [-0.2, 0) is 6.54 Å². The van der Waals surface area contributed by atoms with E-state index in [4.69, 9.17) is 4.98 Å². The molecule has 1 saturated heterocycles. The van der Waals surface area contributed by atoms with Crippen molar-refractivity contribution in [2.75, 3.05) is 13.1 Å². The standard InChI is InChI=1S/C23H28N4O/c1-15-8-9-27(13-15)14-16-6-5-7-17(10-16)19-12-25-22-20(26-19)18(11-24-22)21(28)23(2,3)4/h5-7,10-12,15H,8-9,13-14H2,1-4H3,(H,24,25). The molecule has 3 aromatic rings. The van der Waals surface area contributed by atoms with Crippen LogP contribution in [0.5, 0.6) is 0 Å². The van der Waals surface area contributed by atoms with Crippen molar-refractivity contribution in [2.45, 2.75) is 40.7 Å². The molecule has 1 aliphatic rings. The number of fused-ring (bicyclic) bond motifs is 1. The zero-order chi connectivity index (χ0) is 19.9. The fourth-order valence-corrected chi connectivity index (χ4v) is 3.86. The number of carbonyl (C=O) groups excluding carboxylic acids is 1. The van der Waals surface area contributed by atoms with Gasteiger partial charge >= 0.3 is 0 Å². The fraction of sp³-hybridized carbons (Fsp3) is 0.435. The monoisotopic (exact) mass is 376 g/mol. The number of hydrogen-bond donors (Lipinski definition) is 1. The normalized spacial score (nSPS) is 18.1. The van der Waals surface area contributed by atoms with E-state index >= 15 is 0 Å². The van der Waals surface area contributed by atoms with Gasteiger partial charge in [-0.25, -0.2) is 9.97 Å². The van der Waals surface area contributed by atoms with E-state index in [0.717, 1.165) is 30.3 Å². The van der Waals surface area contributed by atoms with Crippen LogP contribution >= 0.6 is 0 Å². The number of nitrogens with one attached hydrogen (secondary N) is 1. The molecule has 146 valence electrons. The lowest BCUT2D eigenvalue weighted by atomic mass is 9.87. The van der Waals surface area contributed by atoms with Gasteiger partial charge in [0.1, 0.15) is 5.52 Å². The maximum atomic E-state index is 12.8. The number of hydrogen-bond acceptors (Lipinski definition) is 4. The smallest absolute Gasteiger partial charge is 0.171 e. The number of H-pyrrole nitrogens is 1. The first-order valence-electron chi connectivity index (χ1n) is 10.0. The quantitative estimate of drug-likeness (QED) is 0.671. The Kier molecular flexibility index (Phi) is 4.79. The largest absolute Gasteiger partial charge is 0.344 e. The third-order valence-corrected chi connectivity index (χ3v) is 5.44. The first-order valence-corrected chi connectivity index (χ1v) is 10.0. The van der Waals surface area contributed by atoms with Crippen molar-refractivity contribution in [2.24, 2.45) is 11.3 Å². The van der Waals surface area contributed by atoms with Gasteiger partial charge in [0.2, 0.25) is 0 Å². The Bertz CT molecular complexity index is 1010. The highest BCUT2D eigenvalue weighted by Crippen LogP contribution is 2.27. The Morgan fingerprint density at radius 2 is 2.14 bits per heavy atom. The second kappa shape index (κ2) is 7.13. The van der Waals surface area contributed by atoms with E-state index < -0.39 is 5.41 Å². The van der Waals surface area contributed by atoms with Crippen molar-refractivity contribution in [1.82, 2.24) is 19.9 Å². The molecule has 3 heterocycles. The summed E-state index contributed by atoms with van der Waals surface area (Å²) in [4.78, 5) is 27.7. The molecule has 0 aliphatic carbocycles. The van der Waals surface area contributed by atoms with Gasteiger partial charge < -0.3 is 4.98 Å². The first-order chi connectivity index (χ1) is 13.3. The molecule has 0 saturated carbocycles. The van der Waals surface area contributed by atoms with Crippen LogP contribution in [0.4, 0.5) is 0 Å². The molecule has 1 N–H and O–H groups in total. The van der Waals surface area contributed by atoms with Crippen molar-refractivity contribution in [3.8, 4) is 11.3 Å². The van der Waals surface area contributed by atoms with E-state index in [-0.39, 0.29) is 5.78 Å². The van der Waals surface area contributed by atoms with Crippen molar-refractivity contribution in [3.05, 3.63) is 47.8 Å². The lowest BCUT2D eigenvalue weighted by Crippen LogP contribution is -2.20. The molecule has 1 atom stereocenters. The van der Waals surface area contributed by atoms with Crippen LogP contribution in [0, 0.1) is 11.3 Å². The van der Waals surface area contributed by atoms with Gasteiger partial charge in [-0.1, -0.05) is 45.9 Å². The maximum absolute atomic E-state index is 12.8. The third kappa shape index (κ3) is 3.72. The summed E-state index contributed by atoms with van der Waals surface area (Å²) < 4.78 is 0. The van der Waals surface area contributed by atoms with Crippen LogP contribution in [0.25, 0.3) is 22.4 Å². The Labute approximate surface area is 166 Å². The Morgan fingerprint density at radius 1 is 1.32 bits per heavy atom. The molecule has 5 heteroatoms. The average Bonchev–Trinajstić information content (AvgIpc) is 3.26. The number of benzene rings is 1. The fourth-order valence-electron chi connectivity index (χ4n) is 3.86. The summed E-state index contributed by atoms with van der Waals surface area (Å²) in [6.07, 6.45) is 4.79. The molecular formula is C23H28N4O. The van der Waals surface area contributed by atoms with E-state index in [1.165, 1.54) is 18.5 Å². The van der Waals surface area contributed by atoms with Crippen molar-refractivity contribution in [1.29, 1.82) is 0 Å². The zero-order valence-corrected chi connectivity index (χ0v) is 17.1. The number of likely N-dealkylation sites (tertiary alicyclic amines) is 1. The van der Waals surface area contributed by atoms with Crippen LogP contribution in [0.1, 0.15) is 50.0 Å². The van der Waals surface area contributed by atoms with Crippen LogP contribution in [0.3, 0.4) is 0 Å². The number of rotatable bonds is 4. The molecular weight excluding hydrogens is 348 g/mol. The SMILES string of the molecule is CC1CCN(Cc2cccc(-c3cnc4[nH]cc(C(=O)C(C)(C)C)c4n3)c2)C1. The van der Waals surface area contributed by atoms with Gasteiger partial charge in [-0.3, -0.25) is 9.69 Å². The van der Waals surface area contributed by atoms with Gasteiger partial charge in [0, 0.05) is 30.3 Å². The van der Waals surface area contributed by atoms with Gasteiger partial charge in [-0.05, 0) is 30.5 Å². The predicted molar refractivity (Wildman–Crippen MR) is 112 cm³/mol. The van der Waals surface area contributed by atoms with E-state index in [0.29, 0.717) is 16.7 Å². The van der Waals surface area contributed by atoms with Gasteiger partial charge in [0.25, 0.3) is 0 Å². The molecule has 0 bridgehead atoms. The summed E-state index contributed by atoms with van der Waals surface area (Å²) in [6.45, 7) is 11.4. The second-order valence-corrected chi connectivity index (χ2v) is 9.06. The van der Waals surface area contributed by atoms with Crippen LogP contribution in [-0.4, -0.2) is 38.7 Å². The Hall–Kier alpha value is -2.53. The van der Waals surface area contributed by atoms with Crippen molar-refractivity contribution in [3.63, 3.8) is 0 Å². The van der Waals surface area contributed by atoms with Gasteiger partial charge in [-0.15, -0.1) is 0 Å². The van der Waals surface area contributed by atoms with Gasteiger partial charge in [-0.2, -0.15) is 0 Å². The van der Waals surface area contributed by atoms with E-state index in [9.17, 15) is 4.79 Å². The minimum atomic E-state index is -0.459. The highest BCUT2D eigenvalue weighted by molar-refractivity contribution is 6.08. The van der Waals surface area contributed by atoms with Crippen LogP contribution < -0.4 is 0 Å². The van der Waals surface area contributed by atoms with Crippen LogP contribution in [0.15, 0.2) is 36.7 Å². The van der Waals surface area contributed by atoms with Gasteiger partial charge in [0.05, 0.1) is 17.5 Å². The molecule has 1 aromatic carbocycles. The number of carbonyl (C=O) groups is 1. The molecule has 0 spiro atoms. The molecule has 1 unspecified atom stereocenters. The van der Waals surface area contributed by atoms with Crippen LogP contribution in [0.2, 0.25) is 0 Å². The summed E-state index contributed by atoms with van der Waals surface area (Å²) in [7, 11) is 0. The number of aromatic amines is 1. The van der Waals surface area contributed by atoms with E-state index in [2.05, 4.69) is 46.1 Å². The molecule has 28 heavy (non-hydrogen) atoms. The number of Topliss-reactive ketones (excluding diaryl/α,β-unsaturated/α-hetero) is 1. The Balaban J connectivity index is 1.66. The molecule has 1 fully saturated rings. The molecule has 2 aromatic heterocycles. The molecule has 0 radical (unpaired) electrons. The summed E-state index contributed by atoms with van der Waals surface area (Å²) in [6, 6.07) is 8.50. The van der Waals surface area contributed by atoms with Gasteiger partial charge in [0.15, 0.2) is 11.4 Å². The Morgan fingerprint density at radius 3 is 2.86 bits per heavy atom. The minimum Gasteiger partial charge on any atom is -0.344 e. The molecule has 1 aliphatic heterocycles. The lowest BCUT2D eigenvalue weighted by Gasteiger charge is -2.16. The molecule has 5 nitrogen and oxygen atoms in total. The number of aromatic nitrogens is 3. The highest BCUT2D eigenvalue weighted by Gasteiger charge is 2.26. The summed E-state index contributed by atoms with van der Waals surface area (Å²) in [5.41, 5.74) is 4.57. The average molecular weight is 377 g/mol. The minimum absolute atomic E-state index is 0.0714. The first kappa shape index (κ1) is 18.8. The lowest BCUT2D eigenvalue weighted by molar-refractivity contribution is 0.0860. The summed E-state index contributed by atoms with van der Waals surface area (Å²) >= 11 is 0. The molecule has 0 amide bonds. The maximum Gasteiger partial charge on any atom is 0.171 e. The second-order valence-electron chi connectivity index (χ2n) is 9.06. The molecule has 4 rings (SSSR count). The highest BCUT2D eigenvalue weighted by atomic mass is 16.1. The van der Waals surface area contributed by atoms with Crippen molar-refractivity contribution >= 4 is 16.9 Å². The predicted octanol–water partition coefficient (Wildman–Crippen LogP) is 4.70. The number of ketones is 1. The summed E-state index contributed by atoms with van der Waals surface area (Å²) in [5, 5.41) is 0. The van der Waals surface area contributed by atoms with E-state index in [1.807, 2.05) is 20.8 Å². The topological polar surface area (TPSA) is 61.9 Å². The zero-order valence-electron chi connectivity index (χ0n) is 17.1. The van der Waals surface area contributed by atoms with E-state index in [1.54, 1.807) is 12.4 Å². The van der Waals surface area contributed by atoms with Crippen molar-refractivity contribution < 1.29 is 4.79 Å². The number of nitrogens with zero attached hydrogens (tertiary/aromatic N) is 3.